The zero-order chi connectivity index (χ0) is 26.5. The zero-order valence-corrected chi connectivity index (χ0v) is 22.0. The van der Waals surface area contributed by atoms with E-state index >= 15 is 0 Å². The number of methoxy groups -OCH3 is 1. The fraction of sp³-hybridized carbons (Fsp3) is 0.440. The highest BCUT2D eigenvalue weighted by Gasteiger charge is 2.31. The van der Waals surface area contributed by atoms with Gasteiger partial charge in [-0.3, -0.25) is 13.9 Å². The maximum absolute atomic E-state index is 13.6. The van der Waals surface area contributed by atoms with E-state index in [1.165, 1.54) is 11.0 Å². The van der Waals surface area contributed by atoms with Gasteiger partial charge in [0.2, 0.25) is 28.6 Å². The summed E-state index contributed by atoms with van der Waals surface area (Å²) >= 11 is 0. The Morgan fingerprint density at radius 2 is 1.83 bits per heavy atom. The molecule has 0 saturated carbocycles. The first-order chi connectivity index (χ1) is 17.0. The van der Waals surface area contributed by atoms with Gasteiger partial charge in [0.05, 0.1) is 19.1 Å². The number of ether oxygens (including phenoxy) is 3. The largest absolute Gasteiger partial charge is 0.497 e. The third kappa shape index (κ3) is 6.60. The van der Waals surface area contributed by atoms with E-state index in [9.17, 15) is 18.0 Å². The van der Waals surface area contributed by atoms with Gasteiger partial charge in [-0.05, 0) is 50.1 Å². The minimum atomic E-state index is -3.85. The molecule has 2 aromatic carbocycles. The van der Waals surface area contributed by atoms with Gasteiger partial charge in [-0.25, -0.2) is 8.42 Å². The molecule has 0 radical (unpaired) electrons. The van der Waals surface area contributed by atoms with Crippen molar-refractivity contribution in [1.29, 1.82) is 0 Å². The monoisotopic (exact) mass is 519 g/mol. The number of anilines is 1. The summed E-state index contributed by atoms with van der Waals surface area (Å²) in [5.74, 6) is 0.633. The van der Waals surface area contributed by atoms with Gasteiger partial charge in [0.25, 0.3) is 0 Å². The Hall–Kier alpha value is -3.47. The minimum Gasteiger partial charge on any atom is -0.497 e. The highest BCUT2D eigenvalue weighted by atomic mass is 32.2. The van der Waals surface area contributed by atoms with Gasteiger partial charge in [-0.1, -0.05) is 19.1 Å². The van der Waals surface area contributed by atoms with Crippen molar-refractivity contribution >= 4 is 27.5 Å². The molecule has 11 heteroatoms. The molecule has 0 aliphatic carbocycles. The summed E-state index contributed by atoms with van der Waals surface area (Å²) in [6, 6.07) is 10.9. The van der Waals surface area contributed by atoms with E-state index in [2.05, 4.69) is 5.32 Å². The van der Waals surface area contributed by atoms with E-state index in [0.29, 0.717) is 17.2 Å². The molecule has 1 aliphatic heterocycles. The van der Waals surface area contributed by atoms with Crippen molar-refractivity contribution in [2.45, 2.75) is 45.8 Å². The van der Waals surface area contributed by atoms with Crippen LogP contribution in [-0.4, -0.2) is 63.9 Å². The Kier molecular flexibility index (Phi) is 8.67. The molecule has 0 saturated heterocycles. The summed E-state index contributed by atoms with van der Waals surface area (Å²) in [5, 5.41) is 2.90. The molecule has 1 N–H and O–H groups in total. The van der Waals surface area contributed by atoms with E-state index in [0.717, 1.165) is 22.5 Å². The lowest BCUT2D eigenvalue weighted by Gasteiger charge is -2.32. The molecule has 0 bridgehead atoms. The number of nitrogens with one attached hydrogen (secondary N) is 1. The Balaban J connectivity index is 1.92. The number of hydrogen-bond acceptors (Lipinski definition) is 7. The molecule has 0 spiro atoms. The van der Waals surface area contributed by atoms with Crippen LogP contribution in [0.2, 0.25) is 0 Å². The average Bonchev–Trinajstić information content (AvgIpc) is 3.32. The summed E-state index contributed by atoms with van der Waals surface area (Å²) in [7, 11) is -2.31. The number of carbonyl (C=O) groups excluding carboxylic acids is 2. The van der Waals surface area contributed by atoms with Crippen LogP contribution in [0.25, 0.3) is 0 Å². The molecule has 2 atom stereocenters. The predicted octanol–water partition coefficient (Wildman–Crippen LogP) is 2.52. The van der Waals surface area contributed by atoms with E-state index < -0.39 is 28.5 Å². The topological polar surface area (TPSA) is 114 Å². The number of sulfonamides is 1. The van der Waals surface area contributed by atoms with Gasteiger partial charge in [0.15, 0.2) is 11.5 Å². The fourth-order valence-corrected chi connectivity index (χ4v) is 4.51. The van der Waals surface area contributed by atoms with E-state index in [4.69, 9.17) is 14.2 Å². The number of fused-ring (bicyclic) bond motifs is 1. The first-order valence-corrected chi connectivity index (χ1v) is 13.5. The molecule has 36 heavy (non-hydrogen) atoms. The quantitative estimate of drug-likeness (QED) is 0.485. The number of nitrogens with zero attached hydrogens (tertiary/aromatic N) is 2. The van der Waals surface area contributed by atoms with Crippen LogP contribution < -0.4 is 23.8 Å². The smallest absolute Gasteiger partial charge is 0.244 e. The molecule has 1 heterocycles. The lowest BCUT2D eigenvalue weighted by atomic mass is 10.1. The number of carbonyl (C=O) groups is 2. The second-order valence-corrected chi connectivity index (χ2v) is 10.6. The summed E-state index contributed by atoms with van der Waals surface area (Å²) in [6.07, 6.45) is 1.75. The third-order valence-corrected chi connectivity index (χ3v) is 7.12. The molecule has 196 valence electrons. The predicted molar refractivity (Wildman–Crippen MR) is 136 cm³/mol. The molecule has 0 unspecified atom stereocenters. The van der Waals surface area contributed by atoms with Crippen molar-refractivity contribution < 1.29 is 32.2 Å². The molecule has 2 amide bonds. The number of benzene rings is 2. The Bertz CT molecular complexity index is 1200. The zero-order valence-electron chi connectivity index (χ0n) is 21.2. The summed E-state index contributed by atoms with van der Waals surface area (Å²) in [6.45, 7) is 5.08. The summed E-state index contributed by atoms with van der Waals surface area (Å²) in [4.78, 5) is 28.0. The molecule has 2 aromatic rings. The Morgan fingerprint density at radius 1 is 1.11 bits per heavy atom. The van der Waals surface area contributed by atoms with Gasteiger partial charge in [-0.15, -0.1) is 0 Å². The Labute approximate surface area is 212 Å². The number of rotatable bonds is 11. The van der Waals surface area contributed by atoms with E-state index in [1.54, 1.807) is 44.4 Å². The molecular weight excluding hydrogens is 486 g/mol. The first-order valence-electron chi connectivity index (χ1n) is 11.6. The molecule has 3 rings (SSSR count). The fourth-order valence-electron chi connectivity index (χ4n) is 3.67. The van der Waals surface area contributed by atoms with Crippen molar-refractivity contribution in [2.24, 2.45) is 0 Å². The highest BCUT2D eigenvalue weighted by molar-refractivity contribution is 7.92. The number of hydrogen-bond donors (Lipinski definition) is 1. The van der Waals surface area contributed by atoms with Crippen LogP contribution in [0.5, 0.6) is 17.2 Å². The molecule has 1 aliphatic rings. The molecule has 0 aromatic heterocycles. The van der Waals surface area contributed by atoms with Crippen molar-refractivity contribution in [3.8, 4) is 17.2 Å². The maximum Gasteiger partial charge on any atom is 0.244 e. The first kappa shape index (κ1) is 27.1. The molecule has 0 fully saturated rings. The second-order valence-electron chi connectivity index (χ2n) is 8.67. The summed E-state index contributed by atoms with van der Waals surface area (Å²) in [5.41, 5.74) is 0.994. The minimum absolute atomic E-state index is 0.0354. The standard InChI is InChI=1S/C25H33N3O7S/c1-6-17(2)26-25(30)18(3)27(14-19-8-7-9-21(12-19)33-4)24(29)15-28(36(5,31)32)20-10-11-22-23(13-20)35-16-34-22/h7-13,17-18H,6,14-16H2,1-5H3,(H,26,30)/t17-,18+/m1/s1. The van der Waals surface area contributed by atoms with E-state index in [1.807, 2.05) is 19.9 Å². The number of amides is 2. The van der Waals surface area contributed by atoms with Gasteiger partial charge >= 0.3 is 0 Å². The van der Waals surface area contributed by atoms with Crippen molar-refractivity contribution in [2.75, 3.05) is 31.0 Å². The van der Waals surface area contributed by atoms with Crippen LogP contribution in [0.15, 0.2) is 42.5 Å². The second kappa shape index (κ2) is 11.5. The van der Waals surface area contributed by atoms with Crippen molar-refractivity contribution in [3.63, 3.8) is 0 Å². The van der Waals surface area contributed by atoms with Crippen LogP contribution in [0.1, 0.15) is 32.8 Å². The van der Waals surface area contributed by atoms with Gasteiger partial charge in [0, 0.05) is 18.7 Å². The van der Waals surface area contributed by atoms with Crippen LogP contribution in [0.4, 0.5) is 5.69 Å². The van der Waals surface area contributed by atoms with Gasteiger partial charge in [0.1, 0.15) is 18.3 Å². The molecular formula is C25H33N3O7S. The molecule has 10 nitrogen and oxygen atoms in total. The Morgan fingerprint density at radius 3 is 2.50 bits per heavy atom. The third-order valence-electron chi connectivity index (χ3n) is 5.98. The van der Waals surface area contributed by atoms with Crippen LogP contribution >= 0.6 is 0 Å². The van der Waals surface area contributed by atoms with Crippen LogP contribution in [0.3, 0.4) is 0 Å². The highest BCUT2D eigenvalue weighted by Crippen LogP contribution is 2.36. The van der Waals surface area contributed by atoms with Gasteiger partial charge in [-0.2, -0.15) is 0 Å². The van der Waals surface area contributed by atoms with E-state index in [-0.39, 0.29) is 31.0 Å². The van der Waals surface area contributed by atoms with Crippen LogP contribution in [0, 0.1) is 0 Å². The summed E-state index contributed by atoms with van der Waals surface area (Å²) < 4.78 is 42.4. The normalized spacial score (nSPS) is 14.0. The van der Waals surface area contributed by atoms with Crippen molar-refractivity contribution in [1.82, 2.24) is 10.2 Å². The average molecular weight is 520 g/mol. The van der Waals surface area contributed by atoms with Crippen molar-refractivity contribution in [3.05, 3.63) is 48.0 Å². The lowest BCUT2D eigenvalue weighted by Crippen LogP contribution is -2.52. The van der Waals surface area contributed by atoms with Crippen LogP contribution in [-0.2, 0) is 26.2 Å². The lowest BCUT2D eigenvalue weighted by molar-refractivity contribution is -0.139. The SMILES string of the molecule is CC[C@@H](C)NC(=O)[C@H](C)N(Cc1cccc(OC)c1)C(=O)CN(c1ccc2c(c1)OCO2)S(C)(=O)=O. The maximum atomic E-state index is 13.6. The van der Waals surface area contributed by atoms with Gasteiger partial charge < -0.3 is 24.4 Å².